The average Bonchev–Trinajstić information content (AvgIpc) is 3.60. The number of aromatic nitrogens is 2. The lowest BCUT2D eigenvalue weighted by atomic mass is 9.80. The van der Waals surface area contributed by atoms with Gasteiger partial charge in [-0.25, -0.2) is 4.98 Å². The van der Waals surface area contributed by atoms with Crippen molar-refractivity contribution in [1.29, 1.82) is 0 Å². The first-order valence-electron chi connectivity index (χ1n) is 13.7. The Morgan fingerprint density at radius 3 is 2.56 bits per heavy atom. The summed E-state index contributed by atoms with van der Waals surface area (Å²) in [7, 11) is 1.83. The van der Waals surface area contributed by atoms with Gasteiger partial charge in [0, 0.05) is 17.1 Å². The summed E-state index contributed by atoms with van der Waals surface area (Å²) in [6.45, 7) is 14.7. The van der Waals surface area contributed by atoms with E-state index in [4.69, 9.17) is 0 Å². The van der Waals surface area contributed by atoms with Crippen molar-refractivity contribution in [1.82, 2.24) is 14.8 Å². The van der Waals surface area contributed by atoms with E-state index in [2.05, 4.69) is 50.2 Å². The van der Waals surface area contributed by atoms with Gasteiger partial charge in [0.05, 0.1) is 23.9 Å². The molecule has 2 aromatic heterocycles. The van der Waals surface area contributed by atoms with Crippen molar-refractivity contribution < 1.29 is 14.7 Å². The maximum Gasteiger partial charge on any atom is 0.253 e. The number of hydrogen-bond acceptors (Lipinski definition) is 5. The number of hydrogen-bond donors (Lipinski definition) is 3. The predicted molar refractivity (Wildman–Crippen MR) is 163 cm³/mol. The van der Waals surface area contributed by atoms with Crippen LogP contribution in [0.15, 0.2) is 48.1 Å². The van der Waals surface area contributed by atoms with Crippen LogP contribution in [0.1, 0.15) is 76.2 Å². The van der Waals surface area contributed by atoms with Crippen molar-refractivity contribution in [2.45, 2.75) is 80.2 Å². The standard InChI is InChI=1S/C18H18BN4O2S.C12H26O/c1-12-4-3-5-13(8-12)15-11-26-18(21-15)22-16(24)9-20-17(25)14-6-7-23(10-14)19-2;1-6-10(3)8-9-11(13)12(4,5)7-2/h3-8,10-11H,9H2,1-2H3,(H,20,25)(H,21,22,24);10-11,13H,6-9H2,1-5H3. The Morgan fingerprint density at radius 1 is 1.21 bits per heavy atom. The SMILES string of the molecule is CCC(C)CCC(O)C(C)(C)CC.C[B]n1ccc(C(=O)NCC(=O)Nc2nc(-c3cccc(C)c3)cs2)c1. The number of aliphatic hydroxyl groups excluding tert-OH is 1. The van der Waals surface area contributed by atoms with E-state index < -0.39 is 0 Å². The molecule has 7 nitrogen and oxygen atoms in total. The Kier molecular flexibility index (Phi) is 12.9. The van der Waals surface area contributed by atoms with E-state index in [9.17, 15) is 14.7 Å². The van der Waals surface area contributed by atoms with Crippen LogP contribution in [0.5, 0.6) is 0 Å². The largest absolute Gasteiger partial charge is 0.402 e. The molecule has 0 aliphatic heterocycles. The first-order chi connectivity index (χ1) is 18.5. The molecule has 39 heavy (non-hydrogen) atoms. The van der Waals surface area contributed by atoms with Crippen molar-refractivity contribution in [2.24, 2.45) is 11.3 Å². The minimum absolute atomic E-state index is 0.0907. The van der Waals surface area contributed by atoms with E-state index in [-0.39, 0.29) is 29.9 Å². The molecule has 0 saturated heterocycles. The zero-order chi connectivity index (χ0) is 29.0. The van der Waals surface area contributed by atoms with Gasteiger partial charge in [-0.2, -0.15) is 0 Å². The molecule has 2 unspecified atom stereocenters. The Morgan fingerprint density at radius 2 is 1.95 bits per heavy atom. The van der Waals surface area contributed by atoms with Crippen LogP contribution in [0, 0.1) is 18.3 Å². The van der Waals surface area contributed by atoms with Crippen LogP contribution in [-0.4, -0.2) is 46.4 Å². The predicted octanol–water partition coefficient (Wildman–Crippen LogP) is 6.41. The Balaban J connectivity index is 0.000000349. The number of benzene rings is 1. The third-order valence-electron chi connectivity index (χ3n) is 7.19. The highest BCUT2D eigenvalue weighted by Crippen LogP contribution is 2.29. The van der Waals surface area contributed by atoms with Crippen molar-refractivity contribution >= 4 is 35.7 Å². The molecule has 3 aromatic rings. The number of nitrogens with zero attached hydrogens (tertiary/aromatic N) is 2. The Labute approximate surface area is 238 Å². The molecule has 2 atom stereocenters. The first-order valence-corrected chi connectivity index (χ1v) is 14.6. The summed E-state index contributed by atoms with van der Waals surface area (Å²) in [6.07, 6.45) is 7.72. The van der Waals surface area contributed by atoms with Gasteiger partial charge in [-0.15, -0.1) is 11.3 Å². The summed E-state index contributed by atoms with van der Waals surface area (Å²) < 4.78 is 1.78. The van der Waals surface area contributed by atoms with Gasteiger partial charge in [-0.05, 0) is 55.8 Å². The molecule has 0 aliphatic carbocycles. The van der Waals surface area contributed by atoms with Crippen LogP contribution in [0.2, 0.25) is 6.82 Å². The van der Waals surface area contributed by atoms with Crippen LogP contribution in [0.4, 0.5) is 5.13 Å². The molecule has 0 spiro atoms. The number of aliphatic hydroxyl groups is 1. The maximum atomic E-state index is 12.0. The van der Waals surface area contributed by atoms with Crippen LogP contribution in [-0.2, 0) is 4.79 Å². The fourth-order valence-corrected chi connectivity index (χ4v) is 4.41. The molecule has 0 fully saturated rings. The minimum atomic E-state index is -0.315. The number of carbonyl (C=O) groups excluding carboxylic acids is 2. The van der Waals surface area contributed by atoms with Crippen molar-refractivity contribution in [3.63, 3.8) is 0 Å². The molecule has 0 aliphatic rings. The molecule has 2 heterocycles. The van der Waals surface area contributed by atoms with E-state index in [0.29, 0.717) is 10.7 Å². The number of thiazole rings is 1. The maximum absolute atomic E-state index is 12.0. The minimum Gasteiger partial charge on any atom is -0.402 e. The quantitative estimate of drug-likeness (QED) is 0.227. The van der Waals surface area contributed by atoms with Gasteiger partial charge in [-0.3, -0.25) is 9.59 Å². The van der Waals surface area contributed by atoms with Gasteiger partial charge in [0.2, 0.25) is 13.3 Å². The number of nitrogens with one attached hydrogen (secondary N) is 2. The van der Waals surface area contributed by atoms with E-state index in [0.717, 1.165) is 42.0 Å². The second-order valence-electron chi connectivity index (χ2n) is 10.7. The molecule has 0 saturated carbocycles. The molecule has 3 N–H and O–H groups in total. The van der Waals surface area contributed by atoms with Gasteiger partial charge >= 0.3 is 0 Å². The zero-order valence-corrected chi connectivity index (χ0v) is 25.3. The van der Waals surface area contributed by atoms with Crippen LogP contribution < -0.4 is 10.6 Å². The van der Waals surface area contributed by atoms with E-state index in [1.54, 1.807) is 22.9 Å². The van der Waals surface area contributed by atoms with E-state index >= 15 is 0 Å². The molecule has 9 heteroatoms. The molecule has 211 valence electrons. The smallest absolute Gasteiger partial charge is 0.253 e. The topological polar surface area (TPSA) is 96.3 Å². The third-order valence-corrected chi connectivity index (χ3v) is 7.95. The summed E-state index contributed by atoms with van der Waals surface area (Å²) in [4.78, 5) is 28.5. The molecule has 1 aromatic carbocycles. The second-order valence-corrected chi connectivity index (χ2v) is 11.6. The zero-order valence-electron chi connectivity index (χ0n) is 24.5. The van der Waals surface area contributed by atoms with E-state index in [1.807, 2.05) is 50.8 Å². The second kappa shape index (κ2) is 15.6. The summed E-state index contributed by atoms with van der Waals surface area (Å²) in [5.74, 6) is 0.146. The van der Waals surface area contributed by atoms with Crippen molar-refractivity contribution in [2.75, 3.05) is 11.9 Å². The normalized spacial score (nSPS) is 12.6. The number of anilines is 1. The van der Waals surface area contributed by atoms with Gasteiger partial charge in [-0.1, -0.05) is 71.6 Å². The lowest BCUT2D eigenvalue weighted by Crippen LogP contribution is -2.32. The average molecular weight is 552 g/mol. The highest BCUT2D eigenvalue weighted by Gasteiger charge is 2.25. The summed E-state index contributed by atoms with van der Waals surface area (Å²) >= 11 is 1.35. The third kappa shape index (κ3) is 10.6. The molecular weight excluding hydrogens is 507 g/mol. The number of amides is 2. The Bertz CT molecular complexity index is 1190. The summed E-state index contributed by atoms with van der Waals surface area (Å²) in [5.41, 5.74) is 3.57. The molecule has 1 radical (unpaired) electrons. The van der Waals surface area contributed by atoms with Crippen LogP contribution in [0.25, 0.3) is 11.3 Å². The van der Waals surface area contributed by atoms with Gasteiger partial charge in [0.1, 0.15) is 0 Å². The lowest BCUT2D eigenvalue weighted by molar-refractivity contribution is -0.115. The fraction of sp³-hybridized carbons (Fsp3) is 0.500. The van der Waals surface area contributed by atoms with Gasteiger partial charge in [0.25, 0.3) is 5.91 Å². The lowest BCUT2D eigenvalue weighted by Gasteiger charge is -2.29. The molecular formula is C30H44BN4O3S. The number of rotatable bonds is 12. The first kappa shape index (κ1) is 32.3. The number of carbonyl (C=O) groups is 2. The van der Waals surface area contributed by atoms with Crippen molar-refractivity contribution in [3.05, 3.63) is 59.2 Å². The fourth-order valence-electron chi connectivity index (χ4n) is 3.68. The van der Waals surface area contributed by atoms with Crippen molar-refractivity contribution in [3.8, 4) is 11.3 Å². The molecule has 2 amide bonds. The summed E-state index contributed by atoms with van der Waals surface area (Å²) in [5, 5.41) is 17.6. The summed E-state index contributed by atoms with van der Waals surface area (Å²) in [6, 6.07) is 9.71. The van der Waals surface area contributed by atoms with E-state index in [1.165, 1.54) is 17.8 Å². The van der Waals surface area contributed by atoms with Crippen LogP contribution >= 0.6 is 11.3 Å². The Hall–Kier alpha value is -2.91. The van der Waals surface area contributed by atoms with Crippen LogP contribution in [0.3, 0.4) is 0 Å². The molecule has 0 bridgehead atoms. The molecule has 3 rings (SSSR count). The monoisotopic (exact) mass is 551 g/mol. The highest BCUT2D eigenvalue weighted by atomic mass is 32.1. The van der Waals surface area contributed by atoms with Gasteiger partial charge < -0.3 is 20.2 Å². The highest BCUT2D eigenvalue weighted by molar-refractivity contribution is 7.14. The number of aryl methyl sites for hydroxylation is 1. The van der Waals surface area contributed by atoms with Gasteiger partial charge in [0.15, 0.2) is 5.13 Å².